The van der Waals surface area contributed by atoms with Gasteiger partial charge >= 0.3 is 0 Å². The van der Waals surface area contributed by atoms with Crippen LogP contribution in [0.5, 0.6) is 0 Å². The Morgan fingerprint density at radius 2 is 1.24 bits per heavy atom. The topological polar surface area (TPSA) is 20.2 Å². The van der Waals surface area contributed by atoms with Crippen LogP contribution < -0.4 is 0 Å². The minimum Gasteiger partial charge on any atom is -0.400 e. The van der Waals surface area contributed by atoms with Crippen LogP contribution in [0, 0.1) is 0 Å². The molecule has 102 valence electrons. The van der Waals surface area contributed by atoms with Crippen LogP contribution in [0.15, 0.2) is 12.3 Å². The van der Waals surface area contributed by atoms with E-state index in [-0.39, 0.29) is 0 Å². The van der Waals surface area contributed by atoms with E-state index in [0.29, 0.717) is 6.23 Å². The van der Waals surface area contributed by atoms with Gasteiger partial charge in [0.15, 0.2) is 0 Å². The van der Waals surface area contributed by atoms with Gasteiger partial charge < -0.3 is 5.11 Å². The summed E-state index contributed by atoms with van der Waals surface area (Å²) in [5.74, 6) is 0. The SMILES string of the molecule is C=C[Si](C)(C)CC[Si](C)(C)CC[Si](C)(C)CO. The lowest BCUT2D eigenvalue weighted by Gasteiger charge is -2.29. The molecule has 0 atom stereocenters. The van der Waals surface area contributed by atoms with E-state index in [1.54, 1.807) is 0 Å². The molecular weight excluding hydrogens is 256 g/mol. The molecule has 0 spiro atoms. The summed E-state index contributed by atoms with van der Waals surface area (Å²) in [5.41, 5.74) is 2.23. The van der Waals surface area contributed by atoms with Gasteiger partial charge in [-0.15, -0.1) is 12.3 Å². The molecule has 4 heteroatoms. The quantitative estimate of drug-likeness (QED) is 0.658. The van der Waals surface area contributed by atoms with Gasteiger partial charge in [-0.25, -0.2) is 0 Å². The molecule has 0 radical (unpaired) electrons. The van der Waals surface area contributed by atoms with Crippen LogP contribution in [0.3, 0.4) is 0 Å². The van der Waals surface area contributed by atoms with Crippen LogP contribution in [0.1, 0.15) is 0 Å². The molecule has 0 bridgehead atoms. The van der Waals surface area contributed by atoms with E-state index in [2.05, 4.69) is 51.6 Å². The maximum Gasteiger partial charge on any atom is 0.0770 e. The van der Waals surface area contributed by atoms with Gasteiger partial charge in [0.2, 0.25) is 0 Å². The zero-order chi connectivity index (χ0) is 13.7. The molecule has 0 fully saturated rings. The Balaban J connectivity index is 4.17. The standard InChI is InChI=1S/C13H32OSi3/c1-8-15(2,3)9-10-16(4,5)11-12-17(6,7)13-14/h8,14H,1,9-13H2,2-7H3. The van der Waals surface area contributed by atoms with E-state index in [4.69, 9.17) is 0 Å². The molecular formula is C13H32OSi3. The largest absolute Gasteiger partial charge is 0.400 e. The minimum absolute atomic E-state index is 0.449. The fraction of sp³-hybridized carbons (Fsp3) is 0.846. The third kappa shape index (κ3) is 8.13. The van der Waals surface area contributed by atoms with Crippen molar-refractivity contribution in [3.05, 3.63) is 12.3 Å². The molecule has 1 nitrogen and oxygen atoms in total. The maximum absolute atomic E-state index is 9.36. The normalized spacial score (nSPS) is 13.8. The second kappa shape index (κ2) is 6.50. The lowest BCUT2D eigenvalue weighted by Crippen LogP contribution is -2.36. The number of rotatable bonds is 8. The van der Waals surface area contributed by atoms with Crippen LogP contribution in [-0.2, 0) is 0 Å². The van der Waals surface area contributed by atoms with E-state index >= 15 is 0 Å². The average Bonchev–Trinajstić information content (AvgIpc) is 2.25. The Labute approximate surface area is 111 Å². The summed E-state index contributed by atoms with van der Waals surface area (Å²) >= 11 is 0. The number of hydrogen-bond acceptors (Lipinski definition) is 1. The fourth-order valence-corrected chi connectivity index (χ4v) is 13.0. The van der Waals surface area contributed by atoms with Crippen molar-refractivity contribution in [2.45, 2.75) is 63.5 Å². The third-order valence-electron chi connectivity index (χ3n) is 3.91. The van der Waals surface area contributed by atoms with Crippen molar-refractivity contribution < 1.29 is 5.11 Å². The second-order valence-electron chi connectivity index (χ2n) is 7.68. The fourth-order valence-electron chi connectivity index (χ4n) is 1.64. The van der Waals surface area contributed by atoms with Gasteiger partial charge in [-0.2, -0.15) is 0 Å². The van der Waals surface area contributed by atoms with Gasteiger partial charge in [0.25, 0.3) is 0 Å². The van der Waals surface area contributed by atoms with Crippen molar-refractivity contribution in [1.82, 2.24) is 0 Å². The van der Waals surface area contributed by atoms with E-state index in [1.165, 1.54) is 24.2 Å². The predicted octanol–water partition coefficient (Wildman–Crippen LogP) is 4.37. The van der Waals surface area contributed by atoms with Crippen molar-refractivity contribution in [2.24, 2.45) is 0 Å². The Morgan fingerprint density at radius 1 is 0.824 bits per heavy atom. The monoisotopic (exact) mass is 288 g/mol. The smallest absolute Gasteiger partial charge is 0.0770 e. The van der Waals surface area contributed by atoms with E-state index in [0.717, 1.165) is 0 Å². The van der Waals surface area contributed by atoms with Crippen molar-refractivity contribution in [1.29, 1.82) is 0 Å². The first-order chi connectivity index (χ1) is 7.54. The van der Waals surface area contributed by atoms with Crippen molar-refractivity contribution >= 4 is 24.2 Å². The third-order valence-corrected chi connectivity index (χ3v) is 13.2. The lowest BCUT2D eigenvalue weighted by molar-refractivity contribution is 0.358. The van der Waals surface area contributed by atoms with Gasteiger partial charge in [0, 0.05) is 14.3 Å². The minimum atomic E-state index is -1.29. The summed E-state index contributed by atoms with van der Waals surface area (Å²) in [7, 11) is -3.44. The van der Waals surface area contributed by atoms with Crippen molar-refractivity contribution in [3.8, 4) is 0 Å². The van der Waals surface area contributed by atoms with Crippen LogP contribution in [0.4, 0.5) is 0 Å². The Kier molecular flexibility index (Phi) is 6.63. The van der Waals surface area contributed by atoms with E-state index in [9.17, 15) is 5.11 Å². The second-order valence-corrected chi connectivity index (χ2v) is 23.0. The molecule has 0 amide bonds. The highest BCUT2D eigenvalue weighted by molar-refractivity contribution is 6.86. The summed E-state index contributed by atoms with van der Waals surface area (Å²) in [6, 6.07) is 5.54. The highest BCUT2D eigenvalue weighted by Crippen LogP contribution is 2.27. The molecule has 0 aromatic carbocycles. The predicted molar refractivity (Wildman–Crippen MR) is 89.0 cm³/mol. The van der Waals surface area contributed by atoms with Gasteiger partial charge in [0.05, 0.1) is 16.1 Å². The van der Waals surface area contributed by atoms with Crippen LogP contribution in [-0.4, -0.2) is 35.6 Å². The van der Waals surface area contributed by atoms with Crippen molar-refractivity contribution in [3.63, 3.8) is 0 Å². The van der Waals surface area contributed by atoms with Crippen LogP contribution in [0.25, 0.3) is 0 Å². The molecule has 0 aromatic rings. The summed E-state index contributed by atoms with van der Waals surface area (Å²) in [4.78, 5) is 0. The summed E-state index contributed by atoms with van der Waals surface area (Å²) in [5, 5.41) is 9.36. The molecule has 0 heterocycles. The first-order valence-corrected chi connectivity index (χ1v) is 16.9. The Bertz CT molecular complexity index is 247. The zero-order valence-corrected chi connectivity index (χ0v) is 15.8. The Morgan fingerprint density at radius 3 is 1.65 bits per heavy atom. The van der Waals surface area contributed by atoms with Crippen molar-refractivity contribution in [2.75, 3.05) is 6.23 Å². The summed E-state index contributed by atoms with van der Waals surface area (Å²) in [6.07, 6.45) is 0.449. The molecule has 0 aromatic heterocycles. The molecule has 0 saturated carbocycles. The van der Waals surface area contributed by atoms with E-state index < -0.39 is 24.2 Å². The first-order valence-electron chi connectivity index (χ1n) is 6.78. The lowest BCUT2D eigenvalue weighted by atomic mass is 10.9. The summed E-state index contributed by atoms with van der Waals surface area (Å²) in [6.45, 7) is 18.5. The number of aliphatic hydroxyl groups is 1. The average molecular weight is 289 g/mol. The molecule has 0 aliphatic heterocycles. The number of hydrogen-bond donors (Lipinski definition) is 1. The molecule has 0 unspecified atom stereocenters. The van der Waals surface area contributed by atoms with Crippen LogP contribution >= 0.6 is 0 Å². The van der Waals surface area contributed by atoms with Gasteiger partial charge in [-0.3, -0.25) is 0 Å². The highest BCUT2D eigenvalue weighted by atomic mass is 28.3. The highest BCUT2D eigenvalue weighted by Gasteiger charge is 2.28. The maximum atomic E-state index is 9.36. The molecule has 17 heavy (non-hydrogen) atoms. The summed E-state index contributed by atoms with van der Waals surface area (Å²) < 4.78 is 0. The zero-order valence-electron chi connectivity index (χ0n) is 12.8. The van der Waals surface area contributed by atoms with Crippen LogP contribution in [0.2, 0.25) is 63.5 Å². The molecule has 0 rings (SSSR count). The molecule has 0 aliphatic rings. The Hall–Kier alpha value is 0.351. The molecule has 0 saturated heterocycles. The van der Waals surface area contributed by atoms with Gasteiger partial charge in [0.1, 0.15) is 0 Å². The van der Waals surface area contributed by atoms with E-state index in [1.807, 2.05) is 0 Å². The number of aliphatic hydroxyl groups excluding tert-OH is 1. The van der Waals surface area contributed by atoms with Gasteiger partial charge in [-0.05, 0) is 0 Å². The van der Waals surface area contributed by atoms with Gasteiger partial charge in [-0.1, -0.05) is 63.5 Å². The molecule has 1 N–H and O–H groups in total. The molecule has 0 aliphatic carbocycles. The first kappa shape index (κ1) is 17.4.